The van der Waals surface area contributed by atoms with E-state index in [1.807, 2.05) is 6.92 Å². The Morgan fingerprint density at radius 2 is 1.29 bits per heavy atom. The van der Waals surface area contributed by atoms with E-state index in [2.05, 4.69) is 14.7 Å². The first-order valence-corrected chi connectivity index (χ1v) is 11.9. The van der Waals surface area contributed by atoms with Gasteiger partial charge in [-0.05, 0) is 54.4 Å². The van der Waals surface area contributed by atoms with Gasteiger partial charge in [0.2, 0.25) is 10.0 Å². The summed E-state index contributed by atoms with van der Waals surface area (Å²) < 4.78 is 29.3. The molecule has 0 spiro atoms. The van der Waals surface area contributed by atoms with Crippen LogP contribution in [-0.2, 0) is 10.0 Å². The number of sulfonamides is 1. The fourth-order valence-electron chi connectivity index (χ4n) is 3.46. The van der Waals surface area contributed by atoms with Gasteiger partial charge in [0.1, 0.15) is 0 Å². The lowest BCUT2D eigenvalue weighted by molar-refractivity contribution is -0.356. The van der Waals surface area contributed by atoms with E-state index in [-0.39, 0.29) is 16.8 Å². The average Bonchev–Trinajstić information content (AvgIpc) is 2.77. The summed E-state index contributed by atoms with van der Waals surface area (Å²) in [6.07, 6.45) is 0. The fourth-order valence-corrected chi connectivity index (χ4v) is 4.71. The number of benzene rings is 3. The van der Waals surface area contributed by atoms with Crippen molar-refractivity contribution >= 4 is 33.3 Å². The number of rotatable bonds is 8. The molecule has 0 aliphatic carbocycles. The standard InChI is InChI=1S/C23H28N8O2S/c1-14-8-10-19(11-9-14)34(32,33)31-21(16-5-3-7-18(13-16)30-23(27)28)20(24)15-4-2-6-17(12-15)29-22(25)26/h2-13,20-21,31H,24H2,1H3,(H4,25,26,29)(H4,27,28,30)/p+2/t20-,21-/m1/s1. The third kappa shape index (κ3) is 6.32. The molecule has 0 fully saturated rings. The Hall–Kier alpha value is -3.93. The van der Waals surface area contributed by atoms with Crippen LogP contribution in [0.2, 0.25) is 0 Å². The third-order valence-electron chi connectivity index (χ3n) is 5.07. The van der Waals surface area contributed by atoms with Gasteiger partial charge in [-0.15, -0.1) is 0 Å². The van der Waals surface area contributed by atoms with E-state index in [9.17, 15) is 8.42 Å². The second-order valence-electron chi connectivity index (χ2n) is 7.85. The monoisotopic (exact) mass is 482 g/mol. The van der Waals surface area contributed by atoms with Crippen molar-refractivity contribution in [1.29, 1.82) is 0 Å². The van der Waals surface area contributed by atoms with Crippen LogP contribution in [0.1, 0.15) is 28.8 Å². The first-order valence-electron chi connectivity index (χ1n) is 10.4. The Morgan fingerprint density at radius 1 is 0.794 bits per heavy atom. The van der Waals surface area contributed by atoms with Crippen molar-refractivity contribution in [2.45, 2.75) is 23.9 Å². The average molecular weight is 483 g/mol. The molecule has 0 aliphatic rings. The van der Waals surface area contributed by atoms with Crippen LogP contribution in [0.4, 0.5) is 11.4 Å². The van der Waals surface area contributed by atoms with Crippen LogP contribution in [0.3, 0.4) is 0 Å². The largest absolute Gasteiger partial charge is 0.343 e. The zero-order chi connectivity index (χ0) is 24.9. The zero-order valence-electron chi connectivity index (χ0n) is 18.7. The molecule has 0 amide bonds. The van der Waals surface area contributed by atoms with Gasteiger partial charge in [0.25, 0.3) is 0 Å². The minimum Gasteiger partial charge on any atom is -0.322 e. The lowest BCUT2D eigenvalue weighted by Crippen LogP contribution is -2.72. The lowest BCUT2D eigenvalue weighted by Gasteiger charge is -2.26. The number of guanidine groups is 2. The van der Waals surface area contributed by atoms with Gasteiger partial charge in [-0.3, -0.25) is 22.9 Å². The van der Waals surface area contributed by atoms with Crippen LogP contribution in [-0.4, -0.2) is 20.3 Å². The first-order chi connectivity index (χ1) is 16.0. The second kappa shape index (κ2) is 10.3. The SMILES string of the molecule is Cc1ccc(S(=O)(=O)N[C@H](c2cccc([NH+]=C(N)N)c2)[C@H](N)c2cccc([NH+]=C(N)N)c2)cc1. The molecule has 0 aromatic heterocycles. The van der Waals surface area contributed by atoms with Crippen LogP contribution in [0, 0.1) is 6.92 Å². The maximum absolute atomic E-state index is 13.3. The van der Waals surface area contributed by atoms with Crippen molar-refractivity contribution < 1.29 is 18.4 Å². The number of hydrogen-bond acceptors (Lipinski definition) is 3. The van der Waals surface area contributed by atoms with E-state index >= 15 is 0 Å². The van der Waals surface area contributed by atoms with E-state index in [4.69, 9.17) is 28.7 Å². The van der Waals surface area contributed by atoms with Crippen LogP contribution >= 0.6 is 0 Å². The van der Waals surface area contributed by atoms with E-state index < -0.39 is 22.1 Å². The Kier molecular flexibility index (Phi) is 7.51. The van der Waals surface area contributed by atoms with Crippen LogP contribution in [0.15, 0.2) is 77.7 Å². The van der Waals surface area contributed by atoms with Crippen molar-refractivity contribution in [3.05, 3.63) is 89.5 Å². The van der Waals surface area contributed by atoms with E-state index in [1.54, 1.807) is 72.8 Å². The Morgan fingerprint density at radius 3 is 1.82 bits per heavy atom. The van der Waals surface area contributed by atoms with Crippen molar-refractivity contribution in [2.75, 3.05) is 0 Å². The summed E-state index contributed by atoms with van der Waals surface area (Å²) in [6.45, 7) is 1.88. The number of nitrogens with two attached hydrogens (primary N) is 5. The molecular formula is C23H30N8O2S+2. The molecule has 10 nitrogen and oxygen atoms in total. The van der Waals surface area contributed by atoms with Crippen molar-refractivity contribution in [3.8, 4) is 0 Å². The molecule has 34 heavy (non-hydrogen) atoms. The van der Waals surface area contributed by atoms with Gasteiger partial charge < -0.3 is 5.73 Å². The highest BCUT2D eigenvalue weighted by atomic mass is 32.2. The predicted molar refractivity (Wildman–Crippen MR) is 132 cm³/mol. The van der Waals surface area contributed by atoms with Gasteiger partial charge in [0, 0.05) is 0 Å². The zero-order valence-corrected chi connectivity index (χ0v) is 19.5. The molecule has 2 atom stereocenters. The summed E-state index contributed by atoms with van der Waals surface area (Å²) in [5.74, 6) is 0.0318. The molecule has 3 rings (SSSR count). The van der Waals surface area contributed by atoms with Crippen LogP contribution in [0.25, 0.3) is 0 Å². The minimum absolute atomic E-state index is 0.00707. The highest BCUT2D eigenvalue weighted by molar-refractivity contribution is 7.89. The highest BCUT2D eigenvalue weighted by Crippen LogP contribution is 2.30. The maximum atomic E-state index is 13.3. The molecule has 0 unspecified atom stereocenters. The first kappa shape index (κ1) is 24.7. The molecule has 3 aromatic carbocycles. The number of nitrogens with one attached hydrogen (secondary N) is 3. The summed E-state index contributed by atoms with van der Waals surface area (Å²) >= 11 is 0. The molecule has 0 radical (unpaired) electrons. The molecule has 0 aliphatic heterocycles. The molecule has 178 valence electrons. The second-order valence-corrected chi connectivity index (χ2v) is 9.56. The third-order valence-corrected chi connectivity index (χ3v) is 6.52. The van der Waals surface area contributed by atoms with Gasteiger partial charge in [0.15, 0.2) is 0 Å². The van der Waals surface area contributed by atoms with Gasteiger partial charge in [-0.1, -0.05) is 42.0 Å². The molecule has 0 heterocycles. The van der Waals surface area contributed by atoms with Gasteiger partial charge in [0.05, 0.1) is 28.4 Å². The van der Waals surface area contributed by atoms with Crippen molar-refractivity contribution in [3.63, 3.8) is 0 Å². The Balaban J connectivity index is 2.08. The molecule has 13 N–H and O–H groups in total. The number of hydrogen-bond donors (Lipinski definition) is 8. The molecule has 11 heteroatoms. The van der Waals surface area contributed by atoms with Crippen molar-refractivity contribution in [1.82, 2.24) is 4.72 Å². The summed E-state index contributed by atoms with van der Waals surface area (Å²) in [5.41, 5.74) is 32.3. The normalized spacial score (nSPS) is 13.0. The van der Waals surface area contributed by atoms with Crippen LogP contribution < -0.4 is 43.4 Å². The van der Waals surface area contributed by atoms with E-state index in [0.29, 0.717) is 22.5 Å². The van der Waals surface area contributed by atoms with E-state index in [0.717, 1.165) is 5.56 Å². The summed E-state index contributed by atoms with van der Waals surface area (Å²) in [6, 6.07) is 19.1. The quantitative estimate of drug-likeness (QED) is 0.130. The predicted octanol–water partition coefficient (Wildman–Crippen LogP) is -2.31. The van der Waals surface area contributed by atoms with Gasteiger partial charge in [-0.25, -0.2) is 23.1 Å². The molecule has 0 saturated heterocycles. The summed E-state index contributed by atoms with van der Waals surface area (Å²) in [5, 5.41) is 0. The maximum Gasteiger partial charge on any atom is 0.343 e. The topological polar surface area (TPSA) is 204 Å². The van der Waals surface area contributed by atoms with Gasteiger partial charge in [-0.2, -0.15) is 0 Å². The molecule has 3 aromatic rings. The van der Waals surface area contributed by atoms with E-state index in [1.165, 1.54) is 0 Å². The fraction of sp³-hybridized carbons (Fsp3) is 0.130. The Labute approximate surface area is 198 Å². The van der Waals surface area contributed by atoms with Crippen molar-refractivity contribution in [2.24, 2.45) is 28.7 Å². The summed E-state index contributed by atoms with van der Waals surface area (Å²) in [7, 11) is -3.91. The Bertz CT molecular complexity index is 1310. The molecule has 0 bridgehead atoms. The number of aryl methyl sites for hydroxylation is 1. The van der Waals surface area contributed by atoms with Crippen LogP contribution in [0.5, 0.6) is 0 Å². The molecular weight excluding hydrogens is 452 g/mol. The smallest absolute Gasteiger partial charge is 0.322 e. The highest BCUT2D eigenvalue weighted by Gasteiger charge is 2.28. The van der Waals surface area contributed by atoms with Gasteiger partial charge >= 0.3 is 11.9 Å². The lowest BCUT2D eigenvalue weighted by atomic mass is 9.94. The molecule has 0 saturated carbocycles. The minimum atomic E-state index is -3.91. The summed E-state index contributed by atoms with van der Waals surface area (Å²) in [4.78, 5) is 5.78.